The van der Waals surface area contributed by atoms with Crippen LogP contribution in [0.15, 0.2) is 71.8 Å². The molecule has 1 amide bonds. The van der Waals surface area contributed by atoms with E-state index in [1.165, 1.54) is 17.5 Å². The summed E-state index contributed by atoms with van der Waals surface area (Å²) in [7, 11) is 0. The molecule has 0 spiro atoms. The highest BCUT2D eigenvalue weighted by molar-refractivity contribution is 5.79. The van der Waals surface area contributed by atoms with Gasteiger partial charge in [-0.15, -0.1) is 0 Å². The second-order valence-corrected chi connectivity index (χ2v) is 8.20. The Morgan fingerprint density at radius 2 is 1.78 bits per heavy atom. The van der Waals surface area contributed by atoms with Crippen LogP contribution in [0.25, 0.3) is 10.9 Å². The van der Waals surface area contributed by atoms with Crippen molar-refractivity contribution in [3.63, 3.8) is 0 Å². The highest BCUT2D eigenvalue weighted by Gasteiger charge is 2.25. The average Bonchev–Trinajstić information content (AvgIpc) is 3.23. The van der Waals surface area contributed by atoms with Gasteiger partial charge in [0.05, 0.1) is 37.0 Å². The van der Waals surface area contributed by atoms with Gasteiger partial charge in [0.1, 0.15) is 0 Å². The van der Waals surface area contributed by atoms with Gasteiger partial charge in [0.15, 0.2) is 0 Å². The van der Waals surface area contributed by atoms with E-state index in [0.717, 1.165) is 36.9 Å². The fourth-order valence-corrected chi connectivity index (χ4v) is 4.47. The first-order chi connectivity index (χ1) is 15.7. The van der Waals surface area contributed by atoms with Gasteiger partial charge in [-0.3, -0.25) is 19.0 Å². The maximum absolute atomic E-state index is 12.8. The lowest BCUT2D eigenvalue weighted by Gasteiger charge is -2.24. The molecule has 0 saturated carbocycles. The minimum Gasteiger partial charge on any atom is -0.349 e. The van der Waals surface area contributed by atoms with Gasteiger partial charge in [-0.1, -0.05) is 42.5 Å². The number of carbonyl (C=O) groups is 1. The molecule has 7 heteroatoms. The lowest BCUT2D eigenvalue weighted by atomic mass is 9.92. The van der Waals surface area contributed by atoms with Crippen molar-refractivity contribution in [2.45, 2.75) is 44.8 Å². The lowest BCUT2D eigenvalue weighted by Crippen LogP contribution is -2.31. The third-order valence-electron chi connectivity index (χ3n) is 6.09. The largest absolute Gasteiger partial charge is 0.349 e. The van der Waals surface area contributed by atoms with Crippen LogP contribution in [0, 0.1) is 0 Å². The minimum atomic E-state index is -0.108. The number of rotatable bonds is 6. The van der Waals surface area contributed by atoms with Crippen LogP contribution in [-0.4, -0.2) is 25.5 Å². The summed E-state index contributed by atoms with van der Waals surface area (Å²) in [5.41, 5.74) is 4.18. The van der Waals surface area contributed by atoms with Crippen molar-refractivity contribution in [1.29, 1.82) is 0 Å². The number of fused-ring (bicyclic) bond motifs is 2. The Hall–Kier alpha value is -3.74. The molecule has 2 aromatic heterocycles. The monoisotopic (exact) mass is 427 g/mol. The van der Waals surface area contributed by atoms with Gasteiger partial charge >= 0.3 is 0 Å². The molecule has 0 saturated heterocycles. The Labute approximate surface area is 185 Å². The molecule has 2 aromatic carbocycles. The predicted molar refractivity (Wildman–Crippen MR) is 122 cm³/mol. The van der Waals surface area contributed by atoms with Gasteiger partial charge in [0.2, 0.25) is 11.3 Å². The summed E-state index contributed by atoms with van der Waals surface area (Å²) in [6, 6.07) is 17.6. The summed E-state index contributed by atoms with van der Waals surface area (Å²) in [4.78, 5) is 24.8. The number of nitrogens with one attached hydrogen (secondary N) is 1. The zero-order valence-corrected chi connectivity index (χ0v) is 17.8. The Morgan fingerprint density at radius 1 is 1.00 bits per heavy atom. The molecule has 1 unspecified atom stereocenters. The van der Waals surface area contributed by atoms with Crippen LogP contribution in [0.4, 0.5) is 0 Å². The highest BCUT2D eigenvalue weighted by Crippen LogP contribution is 2.30. The molecule has 2 heterocycles. The van der Waals surface area contributed by atoms with E-state index in [2.05, 4.69) is 32.3 Å². The summed E-state index contributed by atoms with van der Waals surface area (Å²) in [5, 5.41) is 12.6. The Balaban J connectivity index is 1.26. The molecule has 1 atom stereocenters. The van der Waals surface area contributed by atoms with Crippen LogP contribution in [0.3, 0.4) is 0 Å². The number of hydrogen-bond acceptors (Lipinski definition) is 4. The molecule has 1 aliphatic carbocycles. The van der Waals surface area contributed by atoms with Gasteiger partial charge in [0, 0.05) is 23.1 Å². The van der Waals surface area contributed by atoms with Crippen molar-refractivity contribution in [2.75, 3.05) is 0 Å². The smallest absolute Gasteiger partial charge is 0.222 e. The van der Waals surface area contributed by atoms with Crippen LogP contribution >= 0.6 is 0 Å². The van der Waals surface area contributed by atoms with Crippen LogP contribution < -0.4 is 10.7 Å². The molecule has 4 aromatic rings. The van der Waals surface area contributed by atoms with Crippen molar-refractivity contribution in [2.24, 2.45) is 0 Å². The molecule has 1 N–H and O–H groups in total. The van der Waals surface area contributed by atoms with Gasteiger partial charge in [-0.25, -0.2) is 0 Å². The number of para-hydroxylation sites is 1. The summed E-state index contributed by atoms with van der Waals surface area (Å²) >= 11 is 0. The number of nitrogens with zero attached hydrogens (tertiary/aromatic N) is 4. The van der Waals surface area contributed by atoms with Crippen molar-refractivity contribution >= 4 is 16.8 Å². The van der Waals surface area contributed by atoms with Crippen LogP contribution in [0.2, 0.25) is 0 Å². The van der Waals surface area contributed by atoms with E-state index in [9.17, 15) is 9.59 Å². The molecule has 1 aliphatic rings. The zero-order valence-electron chi connectivity index (χ0n) is 17.8. The van der Waals surface area contributed by atoms with E-state index in [-0.39, 0.29) is 17.4 Å². The standard InChI is InChI=1S/C25H25N5O2/c31-24-16-27-29(22-11-5-4-9-19(22)24)14-13-25(32)28-21-10-6-12-23-20(21)15-26-30(23)17-18-7-2-1-3-8-18/h1-5,7-9,11,15-16,21H,6,10,12-14,17H2,(H,28,32). The van der Waals surface area contributed by atoms with E-state index in [1.54, 1.807) is 10.7 Å². The van der Waals surface area contributed by atoms with Crippen molar-refractivity contribution in [3.05, 3.63) is 94.0 Å². The molecule has 0 aliphatic heterocycles. The Morgan fingerprint density at radius 3 is 2.66 bits per heavy atom. The first-order valence-electron chi connectivity index (χ1n) is 11.0. The van der Waals surface area contributed by atoms with Crippen molar-refractivity contribution < 1.29 is 4.79 Å². The van der Waals surface area contributed by atoms with Crippen molar-refractivity contribution in [3.8, 4) is 0 Å². The number of aryl methyl sites for hydroxylation is 1. The molecule has 162 valence electrons. The fraction of sp³-hybridized carbons (Fsp3) is 0.280. The number of aromatic nitrogens is 4. The van der Waals surface area contributed by atoms with Crippen LogP contribution in [0.1, 0.15) is 42.1 Å². The molecule has 7 nitrogen and oxygen atoms in total. The summed E-state index contributed by atoms with van der Waals surface area (Å²) < 4.78 is 3.78. The van der Waals surface area contributed by atoms with Gasteiger partial charge < -0.3 is 5.32 Å². The van der Waals surface area contributed by atoms with E-state index in [4.69, 9.17) is 0 Å². The average molecular weight is 428 g/mol. The topological polar surface area (TPSA) is 81.8 Å². The lowest BCUT2D eigenvalue weighted by molar-refractivity contribution is -0.122. The fourth-order valence-electron chi connectivity index (χ4n) is 4.47. The van der Waals surface area contributed by atoms with E-state index < -0.39 is 0 Å². The molecule has 0 bridgehead atoms. The van der Waals surface area contributed by atoms with Gasteiger partial charge in [-0.05, 0) is 37.0 Å². The Bertz CT molecular complexity index is 1310. The van der Waals surface area contributed by atoms with Crippen LogP contribution in [0.5, 0.6) is 0 Å². The first kappa shape index (κ1) is 20.2. The normalized spacial score (nSPS) is 15.4. The van der Waals surface area contributed by atoms with E-state index in [0.29, 0.717) is 18.4 Å². The highest BCUT2D eigenvalue weighted by atomic mass is 16.1. The maximum atomic E-state index is 12.8. The van der Waals surface area contributed by atoms with Gasteiger partial charge in [-0.2, -0.15) is 10.2 Å². The van der Waals surface area contributed by atoms with E-state index >= 15 is 0 Å². The summed E-state index contributed by atoms with van der Waals surface area (Å²) in [5.74, 6) is -0.0248. The predicted octanol–water partition coefficient (Wildman–Crippen LogP) is 3.23. The third-order valence-corrected chi connectivity index (χ3v) is 6.09. The van der Waals surface area contributed by atoms with E-state index in [1.807, 2.05) is 42.6 Å². The van der Waals surface area contributed by atoms with Gasteiger partial charge in [0.25, 0.3) is 0 Å². The second-order valence-electron chi connectivity index (χ2n) is 8.20. The molecule has 0 fully saturated rings. The number of benzene rings is 2. The first-order valence-corrected chi connectivity index (χ1v) is 11.0. The van der Waals surface area contributed by atoms with Crippen molar-refractivity contribution in [1.82, 2.24) is 24.9 Å². The minimum absolute atomic E-state index is 0.0190. The maximum Gasteiger partial charge on any atom is 0.222 e. The number of amides is 1. The third kappa shape index (κ3) is 4.06. The SMILES string of the molecule is O=C(CCn1ncc(=O)c2ccccc21)NC1CCCc2c1cnn2Cc1ccccc1. The summed E-state index contributed by atoms with van der Waals surface area (Å²) in [6.45, 7) is 1.15. The van der Waals surface area contributed by atoms with Crippen LogP contribution in [-0.2, 0) is 24.3 Å². The Kier molecular flexibility index (Phi) is 5.54. The number of carbonyl (C=O) groups excluding carboxylic acids is 1. The quantitative estimate of drug-likeness (QED) is 0.512. The molecular weight excluding hydrogens is 402 g/mol. The number of hydrogen-bond donors (Lipinski definition) is 1. The molecular formula is C25H25N5O2. The zero-order chi connectivity index (χ0) is 21.9. The molecule has 0 radical (unpaired) electrons. The molecule has 5 rings (SSSR count). The molecule has 32 heavy (non-hydrogen) atoms. The second kappa shape index (κ2) is 8.78. The summed E-state index contributed by atoms with van der Waals surface area (Å²) in [6.07, 6.45) is 6.42.